The van der Waals surface area contributed by atoms with Crippen LogP contribution in [0.1, 0.15) is 10.4 Å². The Hall–Kier alpha value is -2.76. The molecule has 0 N–H and O–H groups in total. The fourth-order valence-electron chi connectivity index (χ4n) is 1.83. The average molecular weight is 319 g/mol. The molecule has 1 aromatic carbocycles. The van der Waals surface area contributed by atoms with Gasteiger partial charge in [-0.2, -0.15) is 0 Å². The summed E-state index contributed by atoms with van der Waals surface area (Å²) < 4.78 is 9.76. The van der Waals surface area contributed by atoms with E-state index >= 15 is 0 Å². The van der Waals surface area contributed by atoms with Gasteiger partial charge in [-0.15, -0.1) is 0 Å². The van der Waals surface area contributed by atoms with Gasteiger partial charge >= 0.3 is 5.97 Å². The Balaban J connectivity index is 2.55. The third kappa shape index (κ3) is 3.11. The molecule has 2 aromatic rings. The Morgan fingerprint density at radius 2 is 2.14 bits per heavy atom. The Labute approximate surface area is 131 Å². The van der Waals surface area contributed by atoms with Crippen LogP contribution in [-0.4, -0.2) is 25.2 Å². The Kier molecular flexibility index (Phi) is 4.83. The van der Waals surface area contributed by atoms with Crippen molar-refractivity contribution < 1.29 is 14.3 Å². The summed E-state index contributed by atoms with van der Waals surface area (Å²) in [5.74, 6) is -0.0880. The van der Waals surface area contributed by atoms with Gasteiger partial charge in [0.2, 0.25) is 0 Å². The summed E-state index contributed by atoms with van der Waals surface area (Å²) in [7, 11) is 2.76. The zero-order valence-electron chi connectivity index (χ0n) is 11.8. The molecule has 1 aromatic heterocycles. The van der Waals surface area contributed by atoms with E-state index in [1.807, 2.05) is 0 Å². The van der Waals surface area contributed by atoms with Crippen molar-refractivity contribution in [3.63, 3.8) is 0 Å². The number of esters is 1. The number of azide groups is 1. The van der Waals surface area contributed by atoms with Gasteiger partial charge in [0.15, 0.2) is 0 Å². The lowest BCUT2D eigenvalue weighted by Gasteiger charge is -2.08. The molecule has 0 amide bonds. The number of pyridine rings is 1. The normalized spacial score (nSPS) is 9.77. The van der Waals surface area contributed by atoms with Crippen LogP contribution < -0.4 is 4.74 Å². The summed E-state index contributed by atoms with van der Waals surface area (Å²) >= 11 is 6.08. The van der Waals surface area contributed by atoms with Crippen molar-refractivity contribution in [1.29, 1.82) is 0 Å². The molecule has 0 unspecified atom stereocenters. The average Bonchev–Trinajstić information content (AvgIpc) is 2.54. The highest BCUT2D eigenvalue weighted by Gasteiger charge is 2.14. The van der Waals surface area contributed by atoms with E-state index < -0.39 is 5.97 Å². The van der Waals surface area contributed by atoms with Crippen LogP contribution in [0.15, 0.2) is 35.6 Å². The third-order valence-corrected chi connectivity index (χ3v) is 3.18. The van der Waals surface area contributed by atoms with Gasteiger partial charge in [0.1, 0.15) is 5.75 Å². The number of hydrogen-bond donors (Lipinski definition) is 0. The first-order valence-corrected chi connectivity index (χ1v) is 6.46. The van der Waals surface area contributed by atoms with Crippen molar-refractivity contribution >= 4 is 23.3 Å². The molecule has 112 valence electrons. The van der Waals surface area contributed by atoms with Crippen molar-refractivity contribution in [1.82, 2.24) is 4.98 Å². The predicted molar refractivity (Wildman–Crippen MR) is 81.4 cm³/mol. The third-order valence-electron chi connectivity index (χ3n) is 2.89. The number of hydrogen-bond acceptors (Lipinski definition) is 5. The minimum absolute atomic E-state index is 0.0951. The van der Waals surface area contributed by atoms with Crippen LogP contribution in [-0.2, 0) is 4.74 Å². The fourth-order valence-corrected chi connectivity index (χ4v) is 2.09. The Morgan fingerprint density at radius 1 is 1.36 bits per heavy atom. The van der Waals surface area contributed by atoms with Crippen LogP contribution in [0, 0.1) is 0 Å². The Morgan fingerprint density at radius 3 is 2.73 bits per heavy atom. The van der Waals surface area contributed by atoms with Gasteiger partial charge in [0.05, 0.1) is 36.2 Å². The van der Waals surface area contributed by atoms with Gasteiger partial charge < -0.3 is 9.47 Å². The van der Waals surface area contributed by atoms with Crippen LogP contribution in [0.4, 0.5) is 5.69 Å². The summed E-state index contributed by atoms with van der Waals surface area (Å²) in [6, 6.07) is 6.59. The first kappa shape index (κ1) is 15.6. The fraction of sp³-hybridized carbons (Fsp3) is 0.143. The second-order valence-electron chi connectivity index (χ2n) is 4.12. The highest BCUT2D eigenvalue weighted by atomic mass is 35.5. The van der Waals surface area contributed by atoms with Gasteiger partial charge in [-0.3, -0.25) is 4.98 Å². The van der Waals surface area contributed by atoms with E-state index in [-0.39, 0.29) is 11.3 Å². The van der Waals surface area contributed by atoms with Gasteiger partial charge in [0, 0.05) is 16.7 Å². The van der Waals surface area contributed by atoms with Crippen LogP contribution in [0.5, 0.6) is 5.75 Å². The topological polar surface area (TPSA) is 97.2 Å². The number of halogens is 1. The van der Waals surface area contributed by atoms with Crippen LogP contribution in [0.25, 0.3) is 21.7 Å². The zero-order chi connectivity index (χ0) is 16.1. The minimum Gasteiger partial charge on any atom is -0.495 e. The van der Waals surface area contributed by atoms with Crippen LogP contribution in [0.3, 0.4) is 0 Å². The second kappa shape index (κ2) is 6.80. The summed E-state index contributed by atoms with van der Waals surface area (Å²) in [5, 5.41) is 3.84. The molecule has 0 saturated heterocycles. The van der Waals surface area contributed by atoms with Crippen molar-refractivity contribution in [2.24, 2.45) is 5.11 Å². The van der Waals surface area contributed by atoms with E-state index in [0.717, 1.165) is 0 Å². The van der Waals surface area contributed by atoms with Gasteiger partial charge in [0.25, 0.3) is 0 Å². The summed E-state index contributed by atoms with van der Waals surface area (Å²) in [5.41, 5.74) is 9.92. The molecule has 7 nitrogen and oxygen atoms in total. The first-order valence-electron chi connectivity index (χ1n) is 6.08. The molecule has 0 spiro atoms. The van der Waals surface area contributed by atoms with E-state index in [9.17, 15) is 4.79 Å². The van der Waals surface area contributed by atoms with Crippen molar-refractivity contribution in [2.75, 3.05) is 14.2 Å². The number of carbonyl (C=O) groups is 1. The molecule has 0 radical (unpaired) electrons. The molecule has 0 atom stereocenters. The van der Waals surface area contributed by atoms with E-state index in [1.165, 1.54) is 26.5 Å². The van der Waals surface area contributed by atoms with E-state index in [1.54, 1.807) is 18.2 Å². The quantitative estimate of drug-likeness (QED) is 0.366. The van der Waals surface area contributed by atoms with Crippen LogP contribution >= 0.6 is 11.6 Å². The number of carbonyl (C=O) groups excluding carboxylic acids is 1. The zero-order valence-corrected chi connectivity index (χ0v) is 12.5. The Bertz CT molecular complexity index is 773. The van der Waals surface area contributed by atoms with Gasteiger partial charge in [-0.25, -0.2) is 4.79 Å². The number of benzene rings is 1. The molecule has 0 saturated carbocycles. The summed E-state index contributed by atoms with van der Waals surface area (Å²) in [4.78, 5) is 18.6. The number of methoxy groups -OCH3 is 2. The molecule has 0 aliphatic heterocycles. The van der Waals surface area contributed by atoms with Crippen molar-refractivity contribution in [2.45, 2.75) is 0 Å². The van der Waals surface area contributed by atoms with Gasteiger partial charge in [-0.1, -0.05) is 16.7 Å². The lowest BCUT2D eigenvalue weighted by atomic mass is 10.1. The molecular weight excluding hydrogens is 308 g/mol. The molecule has 0 fully saturated rings. The molecule has 2 rings (SSSR count). The standard InChI is InChI=1S/C14H11ClN4O3/c1-21-13-4-3-8(5-10(13)15)11-6-9(14(20)22-2)12(7-17-11)18-19-16/h3-7H,1-2H3. The lowest BCUT2D eigenvalue weighted by molar-refractivity contribution is 0.0601. The molecule has 0 aliphatic rings. The van der Waals surface area contributed by atoms with E-state index in [2.05, 4.69) is 19.7 Å². The van der Waals surface area contributed by atoms with E-state index in [0.29, 0.717) is 22.0 Å². The predicted octanol–water partition coefficient (Wildman–Crippen LogP) is 4.14. The van der Waals surface area contributed by atoms with Gasteiger partial charge in [-0.05, 0) is 29.8 Å². The second-order valence-corrected chi connectivity index (χ2v) is 4.52. The number of aromatic nitrogens is 1. The highest BCUT2D eigenvalue weighted by Crippen LogP contribution is 2.31. The lowest BCUT2D eigenvalue weighted by Crippen LogP contribution is -2.02. The summed E-state index contributed by atoms with van der Waals surface area (Å²) in [6.07, 6.45) is 1.31. The minimum atomic E-state index is -0.620. The smallest absolute Gasteiger partial charge is 0.338 e. The van der Waals surface area contributed by atoms with E-state index in [4.69, 9.17) is 21.9 Å². The maximum atomic E-state index is 11.8. The van der Waals surface area contributed by atoms with Crippen molar-refractivity contribution in [3.8, 4) is 17.0 Å². The van der Waals surface area contributed by atoms with Crippen molar-refractivity contribution in [3.05, 3.63) is 51.5 Å². The first-order chi connectivity index (χ1) is 10.6. The molecule has 0 bridgehead atoms. The van der Waals surface area contributed by atoms with Crippen LogP contribution in [0.2, 0.25) is 5.02 Å². The monoisotopic (exact) mass is 318 g/mol. The maximum Gasteiger partial charge on any atom is 0.338 e. The molecule has 1 heterocycles. The number of nitrogens with zero attached hydrogens (tertiary/aromatic N) is 4. The molecular formula is C14H11ClN4O3. The molecule has 8 heteroatoms. The SMILES string of the molecule is COC(=O)c1cc(-c2ccc(OC)c(Cl)c2)ncc1N=[N+]=[N-]. The molecule has 0 aliphatic carbocycles. The summed E-state index contributed by atoms with van der Waals surface area (Å²) in [6.45, 7) is 0. The molecule has 22 heavy (non-hydrogen) atoms. The number of rotatable bonds is 4. The highest BCUT2D eigenvalue weighted by molar-refractivity contribution is 6.32. The largest absolute Gasteiger partial charge is 0.495 e. The maximum absolute atomic E-state index is 11.8. The number of ether oxygens (including phenoxy) is 2.